The Morgan fingerprint density at radius 2 is 0.684 bits per heavy atom. The van der Waals surface area contributed by atoms with Crippen molar-refractivity contribution in [2.24, 2.45) is 0 Å². The highest BCUT2D eigenvalue weighted by molar-refractivity contribution is 6.13. The minimum atomic E-state index is 1.03. The molecule has 11 aromatic rings. The van der Waals surface area contributed by atoms with Crippen molar-refractivity contribution in [3.8, 4) is 0 Å². The maximum Gasteiger partial charge on any atom is 0.0587 e. The average Bonchev–Trinajstić information content (AvgIpc) is 4.13. The van der Waals surface area contributed by atoms with Crippen LogP contribution >= 0.6 is 0 Å². The lowest BCUT2D eigenvalue weighted by molar-refractivity contribution is 1.19. The van der Waals surface area contributed by atoms with E-state index in [2.05, 4.69) is 212 Å². The van der Waals surface area contributed by atoms with Crippen molar-refractivity contribution < 1.29 is 0 Å². The van der Waals surface area contributed by atoms with Gasteiger partial charge in [-0.15, -0.1) is 0 Å². The Kier molecular flexibility index (Phi) is 6.86. The number of nitrogens with zero attached hydrogens (tertiary/aromatic N) is 1. The van der Waals surface area contributed by atoms with Gasteiger partial charge in [-0.3, -0.25) is 0 Å². The summed E-state index contributed by atoms with van der Waals surface area (Å²) in [6.45, 7) is 0. The highest BCUT2D eigenvalue weighted by atomic mass is 14.9. The predicted octanol–water partition coefficient (Wildman–Crippen LogP) is 8.30. The van der Waals surface area contributed by atoms with E-state index in [4.69, 9.17) is 0 Å². The number of nitrogens with one attached hydrogen (secondary N) is 4. The van der Waals surface area contributed by atoms with Crippen LogP contribution in [0.5, 0.6) is 0 Å². The summed E-state index contributed by atoms with van der Waals surface area (Å²) in [5.41, 5.74) is 16.6. The van der Waals surface area contributed by atoms with Gasteiger partial charge in [0.15, 0.2) is 0 Å². The van der Waals surface area contributed by atoms with Crippen LogP contribution in [0.25, 0.3) is 49.6 Å². The fraction of sp³-hybridized carbons (Fsp3) is 0. The minimum absolute atomic E-state index is 1.03. The van der Waals surface area contributed by atoms with E-state index in [1.807, 2.05) is 0 Å². The molecule has 8 heterocycles. The van der Waals surface area contributed by atoms with E-state index in [-0.39, 0.29) is 0 Å². The number of aromatic nitrogens is 5. The molecule has 268 valence electrons. The first kappa shape index (κ1) is 31.6. The van der Waals surface area contributed by atoms with Gasteiger partial charge in [0.05, 0.1) is 21.7 Å². The lowest BCUT2D eigenvalue weighted by Crippen LogP contribution is -2.19. The quantitative estimate of drug-likeness (QED) is 0.141. The Bertz CT molecular complexity index is 3360. The van der Waals surface area contributed by atoms with Crippen LogP contribution in [-0.4, -0.2) is 24.3 Å². The van der Waals surface area contributed by atoms with E-state index >= 15 is 0 Å². The molecule has 57 heavy (non-hydrogen) atoms. The third-order valence-corrected chi connectivity index (χ3v) is 11.6. The van der Waals surface area contributed by atoms with Crippen molar-refractivity contribution in [2.75, 3.05) is 0 Å². The second-order valence-corrected chi connectivity index (χ2v) is 14.8. The van der Waals surface area contributed by atoms with Crippen molar-refractivity contribution in [3.05, 3.63) is 254 Å². The molecule has 1 aliphatic heterocycles. The van der Waals surface area contributed by atoms with Crippen LogP contribution in [0.1, 0.15) is 45.0 Å². The first-order valence-corrected chi connectivity index (χ1v) is 19.5. The standard InChI is InChI=1S/C52H35N5/c1-5-14-32(15-6-1)45-37-25-26-38(53-37)46(33-16-7-2-8-17-33)40-28-30-42(55-40)48(35-20-11-4-12-21-35)52-50-44-31-24-36-22-13-23-43(57(36)44)49(50)51(56-52)47(34-18-9-3-10-19-34)41-29-27-39(45)54-41/h1-31,53-56H. The summed E-state index contributed by atoms with van der Waals surface area (Å²) in [5.74, 6) is 0. The second kappa shape index (κ2) is 12.4. The number of hydrogen-bond donors (Lipinski definition) is 4. The summed E-state index contributed by atoms with van der Waals surface area (Å²) < 4.78 is 2.42. The first-order valence-electron chi connectivity index (χ1n) is 19.5. The second-order valence-electron chi connectivity index (χ2n) is 14.8. The SMILES string of the molecule is c1ccc(C2=c3ccc([nH]3)=C(c3ccccc3)c3ccc([nH]3)C(c3ccccc3)=c3[nH]c(c4c3c3ccc5cccc4n53)=C(c3ccccc3)c3ccc2[nH]3)cc1. The topological polar surface area (TPSA) is 67.6 Å². The van der Waals surface area contributed by atoms with Crippen molar-refractivity contribution in [3.63, 3.8) is 0 Å². The van der Waals surface area contributed by atoms with Crippen LogP contribution in [-0.2, 0) is 0 Å². The first-order chi connectivity index (χ1) is 28.3. The number of pyridine rings is 1. The van der Waals surface area contributed by atoms with Gasteiger partial charge < -0.3 is 24.3 Å². The van der Waals surface area contributed by atoms with Crippen LogP contribution in [0.2, 0.25) is 0 Å². The number of aromatic amines is 4. The van der Waals surface area contributed by atoms with Gasteiger partial charge in [-0.2, -0.15) is 0 Å². The van der Waals surface area contributed by atoms with Gasteiger partial charge in [0, 0.05) is 72.1 Å². The number of benzene rings is 4. The van der Waals surface area contributed by atoms with E-state index in [9.17, 15) is 0 Å². The Morgan fingerprint density at radius 3 is 1.14 bits per heavy atom. The van der Waals surface area contributed by atoms with Gasteiger partial charge in [-0.1, -0.05) is 127 Å². The smallest absolute Gasteiger partial charge is 0.0587 e. The molecule has 4 aromatic carbocycles. The van der Waals surface area contributed by atoms with Crippen molar-refractivity contribution in [1.29, 1.82) is 0 Å². The molecule has 12 rings (SSSR count). The zero-order valence-electron chi connectivity index (χ0n) is 30.8. The lowest BCUT2D eigenvalue weighted by Gasteiger charge is -2.10. The van der Waals surface area contributed by atoms with Crippen molar-refractivity contribution in [2.45, 2.75) is 0 Å². The normalized spacial score (nSPS) is 13.1. The van der Waals surface area contributed by atoms with Gasteiger partial charge in [-0.25, -0.2) is 0 Å². The van der Waals surface area contributed by atoms with E-state index in [0.29, 0.717) is 0 Å². The van der Waals surface area contributed by atoms with Crippen LogP contribution in [0, 0.1) is 0 Å². The van der Waals surface area contributed by atoms with E-state index in [1.165, 1.54) is 27.3 Å². The molecule has 1 aliphatic rings. The fourth-order valence-electron chi connectivity index (χ4n) is 9.20. The predicted molar refractivity (Wildman–Crippen MR) is 231 cm³/mol. The largest absolute Gasteiger partial charge is 0.354 e. The van der Waals surface area contributed by atoms with Gasteiger partial charge in [0.2, 0.25) is 0 Å². The number of rotatable bonds is 4. The summed E-state index contributed by atoms with van der Waals surface area (Å²) in [5, 5.41) is 6.60. The zero-order chi connectivity index (χ0) is 37.5. The molecule has 0 amide bonds. The van der Waals surface area contributed by atoms with Crippen molar-refractivity contribution >= 4 is 49.6 Å². The Hall–Kier alpha value is -7.76. The van der Waals surface area contributed by atoms with E-state index in [0.717, 1.165) is 88.7 Å². The van der Waals surface area contributed by atoms with E-state index < -0.39 is 0 Å². The maximum atomic E-state index is 4.14. The average molecular weight is 730 g/mol. The van der Waals surface area contributed by atoms with Gasteiger partial charge in [0.25, 0.3) is 0 Å². The van der Waals surface area contributed by atoms with Crippen LogP contribution in [0.3, 0.4) is 0 Å². The third-order valence-electron chi connectivity index (χ3n) is 11.6. The monoisotopic (exact) mass is 729 g/mol. The highest BCUT2D eigenvalue weighted by Gasteiger charge is 2.23. The molecular weight excluding hydrogens is 695 g/mol. The maximum absolute atomic E-state index is 4.14. The van der Waals surface area contributed by atoms with Crippen LogP contribution < -0.4 is 21.4 Å². The van der Waals surface area contributed by atoms with Crippen molar-refractivity contribution in [1.82, 2.24) is 24.3 Å². The molecule has 0 atom stereocenters. The summed E-state index contributed by atoms with van der Waals surface area (Å²) in [6, 6.07) is 67.4. The molecule has 0 saturated heterocycles. The van der Waals surface area contributed by atoms with E-state index in [1.54, 1.807) is 0 Å². The molecule has 0 spiro atoms. The number of fused-ring (bicyclic) bond motifs is 13. The zero-order valence-corrected chi connectivity index (χ0v) is 30.8. The van der Waals surface area contributed by atoms with Gasteiger partial charge in [-0.05, 0) is 82.9 Å². The third kappa shape index (κ3) is 4.82. The van der Waals surface area contributed by atoms with Gasteiger partial charge >= 0.3 is 0 Å². The summed E-state index contributed by atoms with van der Waals surface area (Å²) in [6.07, 6.45) is 0. The number of H-pyrrole nitrogens is 4. The Balaban J connectivity index is 1.34. The molecule has 0 fully saturated rings. The number of hydrogen-bond acceptors (Lipinski definition) is 0. The summed E-state index contributed by atoms with van der Waals surface area (Å²) in [7, 11) is 0. The summed E-state index contributed by atoms with van der Waals surface area (Å²) >= 11 is 0. The van der Waals surface area contributed by atoms with Crippen LogP contribution in [0.15, 0.2) is 188 Å². The molecule has 8 bridgehead atoms. The molecular formula is C52H35N5. The Labute approximate surface area is 327 Å². The molecule has 7 aromatic heterocycles. The molecule has 5 nitrogen and oxygen atoms in total. The fourth-order valence-corrected chi connectivity index (χ4v) is 9.20. The molecule has 0 radical (unpaired) electrons. The lowest BCUT2D eigenvalue weighted by atomic mass is 10.0. The molecule has 4 N–H and O–H groups in total. The molecule has 0 aliphatic carbocycles. The molecule has 5 heteroatoms. The Morgan fingerprint density at radius 1 is 0.281 bits per heavy atom. The van der Waals surface area contributed by atoms with Gasteiger partial charge in [0.1, 0.15) is 0 Å². The molecule has 0 saturated carbocycles. The summed E-state index contributed by atoms with van der Waals surface area (Å²) in [4.78, 5) is 16.0. The van der Waals surface area contributed by atoms with Crippen LogP contribution in [0.4, 0.5) is 0 Å². The minimum Gasteiger partial charge on any atom is -0.354 e. The molecule has 0 unspecified atom stereocenters. The highest BCUT2D eigenvalue weighted by Crippen LogP contribution is 2.33.